The lowest BCUT2D eigenvalue weighted by Gasteiger charge is -2.18. The van der Waals surface area contributed by atoms with Crippen molar-refractivity contribution in [1.82, 2.24) is 20.3 Å². The third-order valence-electron chi connectivity index (χ3n) is 4.06. The summed E-state index contributed by atoms with van der Waals surface area (Å²) in [6.45, 7) is 6.10. The number of nitrogens with one attached hydrogen (secondary N) is 3. The summed E-state index contributed by atoms with van der Waals surface area (Å²) in [4.78, 5) is 36.4. The Morgan fingerprint density at radius 2 is 2.07 bits per heavy atom. The topological polar surface area (TPSA) is 99.8 Å². The van der Waals surface area contributed by atoms with Crippen LogP contribution in [0.5, 0.6) is 0 Å². The number of rotatable bonds is 7. The van der Waals surface area contributed by atoms with Crippen LogP contribution in [-0.2, 0) is 0 Å². The highest BCUT2D eigenvalue weighted by Gasteiger charge is 2.22. The van der Waals surface area contributed by atoms with Crippen molar-refractivity contribution in [3.05, 3.63) is 64.0 Å². The largest absolute Gasteiger partial charge is 0.357 e. The molecule has 0 radical (unpaired) electrons. The van der Waals surface area contributed by atoms with Crippen LogP contribution in [0.25, 0.3) is 0 Å². The van der Waals surface area contributed by atoms with E-state index in [0.717, 1.165) is 12.0 Å². The lowest BCUT2D eigenvalue weighted by molar-refractivity contribution is 0.0927. The molecule has 8 heteroatoms. The number of thiazole rings is 1. The number of pyridine rings is 1. The first kappa shape index (κ1) is 19.8. The summed E-state index contributed by atoms with van der Waals surface area (Å²) in [5.41, 5.74) is 1.81. The monoisotopic (exact) mass is 397 g/mol. The van der Waals surface area contributed by atoms with Gasteiger partial charge in [0.1, 0.15) is 22.2 Å². The smallest absolute Gasteiger partial charge is 0.276 e. The van der Waals surface area contributed by atoms with Crippen LogP contribution in [0.1, 0.15) is 57.9 Å². The van der Waals surface area contributed by atoms with Gasteiger partial charge in [-0.1, -0.05) is 13.8 Å². The molecule has 0 spiro atoms. The number of hydrogen-bond donors (Lipinski definition) is 3. The summed E-state index contributed by atoms with van der Waals surface area (Å²) in [5.74, 6) is 0.324. The molecule has 0 saturated carbocycles. The molecule has 3 aromatic rings. The SMILES string of the molecule is Cc1ccnc(NC(=O)c2csc([C@H](CC(C)C)NC(=O)c3ccc[nH]3)n2)c1. The summed E-state index contributed by atoms with van der Waals surface area (Å²) in [6.07, 6.45) is 4.07. The zero-order valence-corrected chi connectivity index (χ0v) is 16.8. The van der Waals surface area contributed by atoms with Gasteiger partial charge in [0.2, 0.25) is 0 Å². The van der Waals surface area contributed by atoms with E-state index in [-0.39, 0.29) is 17.9 Å². The molecular weight excluding hydrogens is 374 g/mol. The number of amides is 2. The molecule has 0 aliphatic rings. The molecule has 0 unspecified atom stereocenters. The van der Waals surface area contributed by atoms with E-state index in [1.807, 2.05) is 13.0 Å². The van der Waals surface area contributed by atoms with Crippen molar-refractivity contribution in [2.24, 2.45) is 5.92 Å². The summed E-state index contributed by atoms with van der Waals surface area (Å²) >= 11 is 1.36. The molecule has 7 nitrogen and oxygen atoms in total. The maximum atomic E-state index is 12.5. The van der Waals surface area contributed by atoms with Crippen LogP contribution in [0.15, 0.2) is 42.0 Å². The van der Waals surface area contributed by atoms with Crippen molar-refractivity contribution in [2.45, 2.75) is 33.2 Å². The maximum Gasteiger partial charge on any atom is 0.276 e. The minimum absolute atomic E-state index is 0.194. The van der Waals surface area contributed by atoms with Gasteiger partial charge in [0.15, 0.2) is 0 Å². The van der Waals surface area contributed by atoms with Crippen molar-refractivity contribution in [1.29, 1.82) is 0 Å². The molecule has 2 amide bonds. The molecule has 0 saturated heterocycles. The minimum Gasteiger partial charge on any atom is -0.357 e. The van der Waals surface area contributed by atoms with Crippen LogP contribution in [-0.4, -0.2) is 26.8 Å². The fourth-order valence-corrected chi connectivity index (χ4v) is 3.60. The summed E-state index contributed by atoms with van der Waals surface area (Å²) in [6, 6.07) is 6.89. The first-order valence-corrected chi connectivity index (χ1v) is 9.94. The van der Waals surface area contributed by atoms with E-state index in [1.54, 1.807) is 36.0 Å². The highest BCUT2D eigenvalue weighted by Crippen LogP contribution is 2.25. The highest BCUT2D eigenvalue weighted by molar-refractivity contribution is 7.10. The Hall–Kier alpha value is -3.00. The van der Waals surface area contributed by atoms with Crippen molar-refractivity contribution < 1.29 is 9.59 Å². The summed E-state index contributed by atoms with van der Waals surface area (Å²) in [7, 11) is 0. The van der Waals surface area contributed by atoms with E-state index in [9.17, 15) is 9.59 Å². The van der Waals surface area contributed by atoms with E-state index in [1.165, 1.54) is 11.3 Å². The molecule has 3 rings (SSSR count). The molecule has 0 aromatic carbocycles. The number of carbonyl (C=O) groups excluding carboxylic acids is 2. The van der Waals surface area contributed by atoms with Gasteiger partial charge in [-0.2, -0.15) is 0 Å². The zero-order chi connectivity index (χ0) is 20.1. The van der Waals surface area contributed by atoms with Gasteiger partial charge in [0.05, 0.1) is 6.04 Å². The van der Waals surface area contributed by atoms with Crippen LogP contribution >= 0.6 is 11.3 Å². The number of anilines is 1. The van der Waals surface area contributed by atoms with E-state index in [4.69, 9.17) is 0 Å². The fraction of sp³-hybridized carbons (Fsp3) is 0.300. The van der Waals surface area contributed by atoms with Gasteiger partial charge in [0.25, 0.3) is 11.8 Å². The molecule has 3 aromatic heterocycles. The van der Waals surface area contributed by atoms with Gasteiger partial charge in [-0.05, 0) is 49.1 Å². The molecular formula is C20H23N5O2S. The number of H-pyrrole nitrogens is 1. The quantitative estimate of drug-likeness (QED) is 0.562. The Labute approximate surface area is 167 Å². The van der Waals surface area contributed by atoms with Crippen molar-refractivity contribution in [3.63, 3.8) is 0 Å². The first-order chi connectivity index (χ1) is 13.4. The predicted molar refractivity (Wildman–Crippen MR) is 109 cm³/mol. The number of aromatic amines is 1. The van der Waals surface area contributed by atoms with Gasteiger partial charge in [0, 0.05) is 17.8 Å². The lowest BCUT2D eigenvalue weighted by atomic mass is 10.0. The summed E-state index contributed by atoms with van der Waals surface area (Å²) in [5, 5.41) is 8.17. The second-order valence-electron chi connectivity index (χ2n) is 6.98. The van der Waals surface area contributed by atoms with Gasteiger partial charge in [-0.15, -0.1) is 11.3 Å². The average molecular weight is 398 g/mol. The lowest BCUT2D eigenvalue weighted by Crippen LogP contribution is -2.29. The number of nitrogens with zero attached hydrogens (tertiary/aromatic N) is 2. The molecule has 0 fully saturated rings. The molecule has 3 N–H and O–H groups in total. The van der Waals surface area contributed by atoms with Crippen LogP contribution in [0.3, 0.4) is 0 Å². The number of carbonyl (C=O) groups is 2. The average Bonchev–Trinajstić information content (AvgIpc) is 3.33. The van der Waals surface area contributed by atoms with Gasteiger partial charge < -0.3 is 15.6 Å². The second kappa shape index (κ2) is 8.79. The van der Waals surface area contributed by atoms with Gasteiger partial charge in [-0.25, -0.2) is 9.97 Å². The maximum absolute atomic E-state index is 12.5. The highest BCUT2D eigenvalue weighted by atomic mass is 32.1. The van der Waals surface area contributed by atoms with E-state index < -0.39 is 0 Å². The third kappa shape index (κ3) is 5.04. The Kier molecular flexibility index (Phi) is 6.20. The van der Waals surface area contributed by atoms with E-state index in [2.05, 4.69) is 39.4 Å². The third-order valence-corrected chi connectivity index (χ3v) is 5.02. The summed E-state index contributed by atoms with van der Waals surface area (Å²) < 4.78 is 0. The Morgan fingerprint density at radius 3 is 2.75 bits per heavy atom. The van der Waals surface area contributed by atoms with Crippen LogP contribution in [0, 0.1) is 12.8 Å². The van der Waals surface area contributed by atoms with Gasteiger partial charge in [-0.3, -0.25) is 9.59 Å². The Bertz CT molecular complexity index is 949. The molecule has 3 heterocycles. The predicted octanol–water partition coefficient (Wildman–Crippen LogP) is 3.94. The molecule has 146 valence electrons. The second-order valence-corrected chi connectivity index (χ2v) is 7.87. The minimum atomic E-state index is -0.320. The molecule has 0 aliphatic heterocycles. The number of aryl methyl sites for hydroxylation is 1. The van der Waals surface area contributed by atoms with Gasteiger partial charge >= 0.3 is 0 Å². The van der Waals surface area contributed by atoms with Crippen LogP contribution in [0.4, 0.5) is 5.82 Å². The normalized spacial score (nSPS) is 12.0. The zero-order valence-electron chi connectivity index (χ0n) is 16.0. The number of aromatic nitrogens is 3. The van der Waals surface area contributed by atoms with Crippen molar-refractivity contribution in [2.75, 3.05) is 5.32 Å². The van der Waals surface area contributed by atoms with Crippen molar-refractivity contribution >= 4 is 29.0 Å². The fourth-order valence-electron chi connectivity index (χ4n) is 2.74. The van der Waals surface area contributed by atoms with E-state index >= 15 is 0 Å². The Morgan fingerprint density at radius 1 is 1.25 bits per heavy atom. The van der Waals surface area contributed by atoms with Crippen molar-refractivity contribution in [3.8, 4) is 0 Å². The van der Waals surface area contributed by atoms with Crippen LogP contribution in [0.2, 0.25) is 0 Å². The number of hydrogen-bond acceptors (Lipinski definition) is 5. The van der Waals surface area contributed by atoms with E-state index in [0.29, 0.717) is 28.1 Å². The van der Waals surface area contributed by atoms with Crippen LogP contribution < -0.4 is 10.6 Å². The molecule has 0 aliphatic carbocycles. The Balaban J connectivity index is 1.74. The molecule has 0 bridgehead atoms. The molecule has 1 atom stereocenters. The standard InChI is InChI=1S/C20H23N5O2S/c1-12(2)9-15(23-18(26)14-5-4-7-21-14)20-24-16(11-28-20)19(27)25-17-10-13(3)6-8-22-17/h4-8,10-12,15,21H,9H2,1-3H3,(H,23,26)(H,22,25,27)/t15-/m0/s1. The first-order valence-electron chi connectivity index (χ1n) is 9.06. The molecule has 28 heavy (non-hydrogen) atoms.